The van der Waals surface area contributed by atoms with Crippen LogP contribution in [0, 0.1) is 5.92 Å². The van der Waals surface area contributed by atoms with Gasteiger partial charge in [-0.25, -0.2) is 4.98 Å². The van der Waals surface area contributed by atoms with E-state index in [1.165, 1.54) is 55.4 Å². The molecule has 1 N–H and O–H groups in total. The number of ketones is 1. The molecular weight excluding hydrogens is 458 g/mol. The van der Waals surface area contributed by atoms with Crippen LogP contribution in [0.3, 0.4) is 0 Å². The highest BCUT2D eigenvalue weighted by molar-refractivity contribution is 7.07. The van der Waals surface area contributed by atoms with E-state index in [0.29, 0.717) is 5.69 Å². The lowest BCUT2D eigenvalue weighted by Crippen LogP contribution is -2.39. The van der Waals surface area contributed by atoms with Gasteiger partial charge in [-0.05, 0) is 30.9 Å². The Morgan fingerprint density at radius 3 is 2.14 bits per heavy atom. The molecule has 0 bridgehead atoms. The maximum Gasteiger partial charge on any atom is 0.241 e. The van der Waals surface area contributed by atoms with Crippen molar-refractivity contribution in [3.8, 4) is 0 Å². The molecule has 35 heavy (non-hydrogen) atoms. The first kappa shape index (κ1) is 28.7. The van der Waals surface area contributed by atoms with E-state index < -0.39 is 0 Å². The molecule has 2 aromatic rings. The fourth-order valence-corrected chi connectivity index (χ4v) is 4.44. The maximum absolute atomic E-state index is 11.9. The standard InChI is InChI=1S/C12H11NOS.C10H18N2O2.C6H12/c1-2-9-4-3-5-10(6-9)12(14)11-7-15-8-13-11;1-8(2)10(14)11-7-9(13)12-5-3-4-6-12;1-2-4-6-5-3-1/h3-8H,2H2,1H3;8H,3-7H2,1-2H3,(H,11,14);1-6H2. The summed E-state index contributed by atoms with van der Waals surface area (Å²) in [6.45, 7) is 7.54. The summed E-state index contributed by atoms with van der Waals surface area (Å²) in [5.41, 5.74) is 4.11. The minimum atomic E-state index is -0.0578. The molecule has 0 atom stereocenters. The van der Waals surface area contributed by atoms with E-state index in [4.69, 9.17) is 0 Å². The minimum Gasteiger partial charge on any atom is -0.347 e. The van der Waals surface area contributed by atoms with Crippen molar-refractivity contribution in [3.63, 3.8) is 0 Å². The molecule has 2 aliphatic rings. The predicted molar refractivity (Wildman–Crippen MR) is 143 cm³/mol. The number of carbonyl (C=O) groups excluding carboxylic acids is 3. The first-order valence-electron chi connectivity index (χ1n) is 13.0. The van der Waals surface area contributed by atoms with Crippen molar-refractivity contribution in [2.45, 2.75) is 78.6 Å². The van der Waals surface area contributed by atoms with Crippen molar-refractivity contribution in [1.29, 1.82) is 0 Å². The van der Waals surface area contributed by atoms with Crippen LogP contribution < -0.4 is 5.32 Å². The first-order chi connectivity index (χ1) is 16.9. The summed E-state index contributed by atoms with van der Waals surface area (Å²) in [4.78, 5) is 40.4. The molecule has 6 nitrogen and oxygen atoms in total. The number of hydrogen-bond acceptors (Lipinski definition) is 5. The molecule has 0 radical (unpaired) electrons. The van der Waals surface area contributed by atoms with E-state index in [0.717, 1.165) is 37.9 Å². The number of aryl methyl sites for hydroxylation is 1. The molecular formula is C28H41N3O3S. The van der Waals surface area contributed by atoms with Gasteiger partial charge in [0, 0.05) is 30.0 Å². The maximum atomic E-state index is 11.9. The van der Waals surface area contributed by atoms with Crippen LogP contribution in [0.2, 0.25) is 0 Å². The molecule has 4 rings (SSSR count). The van der Waals surface area contributed by atoms with Gasteiger partial charge in [0.1, 0.15) is 5.69 Å². The zero-order valence-corrected chi connectivity index (χ0v) is 22.4. The van der Waals surface area contributed by atoms with E-state index in [1.807, 2.05) is 38.1 Å². The fraction of sp³-hybridized carbons (Fsp3) is 0.571. The molecule has 2 amide bonds. The van der Waals surface area contributed by atoms with Crippen LogP contribution in [0.4, 0.5) is 0 Å². The third-order valence-electron chi connectivity index (χ3n) is 6.16. The van der Waals surface area contributed by atoms with E-state index in [1.54, 1.807) is 15.8 Å². The number of thiazole rings is 1. The highest BCUT2D eigenvalue weighted by Crippen LogP contribution is 2.15. The monoisotopic (exact) mass is 499 g/mol. The van der Waals surface area contributed by atoms with Crippen LogP contribution in [-0.2, 0) is 16.0 Å². The smallest absolute Gasteiger partial charge is 0.241 e. The van der Waals surface area contributed by atoms with Gasteiger partial charge in [0.05, 0.1) is 12.1 Å². The van der Waals surface area contributed by atoms with E-state index in [9.17, 15) is 14.4 Å². The van der Waals surface area contributed by atoms with Crippen LogP contribution in [0.5, 0.6) is 0 Å². The lowest BCUT2D eigenvalue weighted by molar-refractivity contribution is -0.132. The van der Waals surface area contributed by atoms with Gasteiger partial charge in [-0.2, -0.15) is 0 Å². The molecule has 1 saturated heterocycles. The highest BCUT2D eigenvalue weighted by atomic mass is 32.1. The number of nitrogens with one attached hydrogen (secondary N) is 1. The van der Waals surface area contributed by atoms with E-state index in [2.05, 4.69) is 17.2 Å². The lowest BCUT2D eigenvalue weighted by atomic mass is 10.0. The number of rotatable bonds is 6. The summed E-state index contributed by atoms with van der Waals surface area (Å²) in [5, 5.41) is 4.41. The van der Waals surface area contributed by atoms with E-state index in [-0.39, 0.29) is 30.1 Å². The highest BCUT2D eigenvalue weighted by Gasteiger charge is 2.18. The van der Waals surface area contributed by atoms with Gasteiger partial charge < -0.3 is 10.2 Å². The van der Waals surface area contributed by atoms with Crippen LogP contribution in [-0.4, -0.2) is 47.1 Å². The molecule has 2 fully saturated rings. The molecule has 1 aromatic carbocycles. The Morgan fingerprint density at radius 2 is 1.63 bits per heavy atom. The molecule has 0 spiro atoms. The fourth-order valence-electron chi connectivity index (χ4n) is 3.91. The molecule has 192 valence electrons. The number of likely N-dealkylation sites (tertiary alicyclic amines) is 1. The Hall–Kier alpha value is -2.54. The molecule has 0 unspecified atom stereocenters. The molecule has 1 saturated carbocycles. The average molecular weight is 500 g/mol. The van der Waals surface area contributed by atoms with Crippen LogP contribution in [0.15, 0.2) is 35.2 Å². The summed E-state index contributed by atoms with van der Waals surface area (Å²) in [5.74, 6) is -0.0676. The second kappa shape index (κ2) is 16.2. The second-order valence-electron chi connectivity index (χ2n) is 9.34. The zero-order valence-electron chi connectivity index (χ0n) is 21.6. The summed E-state index contributed by atoms with van der Waals surface area (Å²) >= 11 is 1.44. The number of amides is 2. The normalized spacial score (nSPS) is 14.9. The summed E-state index contributed by atoms with van der Waals surface area (Å²) < 4.78 is 0. The Morgan fingerprint density at radius 1 is 1.00 bits per heavy atom. The predicted octanol–water partition coefficient (Wildman–Crippen LogP) is 5.66. The Balaban J connectivity index is 0.000000201. The molecule has 1 aliphatic heterocycles. The van der Waals surface area contributed by atoms with Crippen LogP contribution in [0.25, 0.3) is 0 Å². The minimum absolute atomic E-state index is 0.00606. The third-order valence-corrected chi connectivity index (χ3v) is 6.75. The SMILES string of the molecule is C1CCCCC1.CC(C)C(=O)NCC(=O)N1CCCC1.CCc1cccc(C(=O)c2cscn2)c1. The van der Waals surface area contributed by atoms with Gasteiger partial charge in [-0.1, -0.05) is 77.5 Å². The summed E-state index contributed by atoms with van der Waals surface area (Å²) in [7, 11) is 0. The van der Waals surface area contributed by atoms with Gasteiger partial charge in [0.15, 0.2) is 0 Å². The largest absolute Gasteiger partial charge is 0.347 e. The van der Waals surface area contributed by atoms with Crippen molar-refractivity contribution in [2.75, 3.05) is 19.6 Å². The van der Waals surface area contributed by atoms with Crippen molar-refractivity contribution >= 4 is 28.9 Å². The van der Waals surface area contributed by atoms with Gasteiger partial charge in [0.25, 0.3) is 0 Å². The number of carbonyl (C=O) groups is 3. The summed E-state index contributed by atoms with van der Waals surface area (Å²) in [6.07, 6.45) is 12.1. The third kappa shape index (κ3) is 10.7. The number of nitrogens with zero attached hydrogens (tertiary/aromatic N) is 2. The van der Waals surface area contributed by atoms with E-state index >= 15 is 0 Å². The second-order valence-corrected chi connectivity index (χ2v) is 10.1. The average Bonchev–Trinajstić information content (AvgIpc) is 3.63. The molecule has 2 heterocycles. The van der Waals surface area contributed by atoms with Crippen LogP contribution in [0.1, 0.15) is 93.8 Å². The Kier molecular flexibility index (Phi) is 13.3. The number of aromatic nitrogens is 1. The molecule has 1 aliphatic carbocycles. The van der Waals surface area contributed by atoms with Gasteiger partial charge >= 0.3 is 0 Å². The zero-order chi connectivity index (χ0) is 25.5. The van der Waals surface area contributed by atoms with Crippen molar-refractivity contribution < 1.29 is 14.4 Å². The first-order valence-corrected chi connectivity index (χ1v) is 13.9. The van der Waals surface area contributed by atoms with Crippen molar-refractivity contribution in [3.05, 3.63) is 52.0 Å². The van der Waals surface area contributed by atoms with Crippen LogP contribution >= 0.6 is 11.3 Å². The molecule has 1 aromatic heterocycles. The Labute approximate surface area is 214 Å². The summed E-state index contributed by atoms with van der Waals surface area (Å²) in [6, 6.07) is 7.71. The topological polar surface area (TPSA) is 79.4 Å². The Bertz CT molecular complexity index is 890. The number of benzene rings is 1. The van der Waals surface area contributed by atoms with Gasteiger partial charge in [-0.15, -0.1) is 11.3 Å². The van der Waals surface area contributed by atoms with Gasteiger partial charge in [-0.3, -0.25) is 14.4 Å². The van der Waals surface area contributed by atoms with Crippen molar-refractivity contribution in [1.82, 2.24) is 15.2 Å². The van der Waals surface area contributed by atoms with Crippen molar-refractivity contribution in [2.24, 2.45) is 5.92 Å². The quantitative estimate of drug-likeness (QED) is 0.520. The molecule has 7 heteroatoms. The number of hydrogen-bond donors (Lipinski definition) is 1. The lowest BCUT2D eigenvalue weighted by Gasteiger charge is -2.15. The van der Waals surface area contributed by atoms with Gasteiger partial charge in [0.2, 0.25) is 17.6 Å².